The highest BCUT2D eigenvalue weighted by Gasteiger charge is 2.35. The van der Waals surface area contributed by atoms with Crippen LogP contribution >= 0.6 is 27.3 Å². The third kappa shape index (κ3) is 3.63. The van der Waals surface area contributed by atoms with Crippen molar-refractivity contribution in [3.05, 3.63) is 28.2 Å². The van der Waals surface area contributed by atoms with Crippen LogP contribution in [0.2, 0.25) is 0 Å². The van der Waals surface area contributed by atoms with Gasteiger partial charge >= 0.3 is 6.18 Å². The lowest BCUT2D eigenvalue weighted by molar-refractivity contribution is -0.136. The van der Waals surface area contributed by atoms with E-state index in [0.29, 0.717) is 11.3 Å². The lowest BCUT2D eigenvalue weighted by Gasteiger charge is -2.14. The maximum Gasteiger partial charge on any atom is 0.418 e. The molecule has 1 aromatic carbocycles. The largest absolute Gasteiger partial charge is 0.418 e. The second-order valence-electron chi connectivity index (χ2n) is 3.70. The van der Waals surface area contributed by atoms with E-state index in [9.17, 15) is 21.6 Å². The molecular weight excluding hydrogens is 397 g/mol. The summed E-state index contributed by atoms with van der Waals surface area (Å²) in [4.78, 5) is 0. The molecule has 0 atom stereocenters. The molecule has 12 heteroatoms. The molecule has 114 valence electrons. The summed E-state index contributed by atoms with van der Waals surface area (Å²) in [5, 5.41) is 6.49. The van der Waals surface area contributed by atoms with Crippen LogP contribution in [0.3, 0.4) is 0 Å². The van der Waals surface area contributed by atoms with Gasteiger partial charge in [-0.25, -0.2) is 0 Å². The highest BCUT2D eigenvalue weighted by atomic mass is 79.9. The number of nitrogens with zero attached hydrogens (tertiary/aromatic N) is 2. The van der Waals surface area contributed by atoms with E-state index in [4.69, 9.17) is 5.73 Å². The van der Waals surface area contributed by atoms with Gasteiger partial charge in [0.2, 0.25) is 5.13 Å². The van der Waals surface area contributed by atoms with Crippen LogP contribution in [0.1, 0.15) is 5.56 Å². The number of nitrogen functional groups attached to an aromatic ring is 1. The van der Waals surface area contributed by atoms with E-state index in [-0.39, 0.29) is 9.60 Å². The third-order valence-corrected chi connectivity index (χ3v) is 5.16. The van der Waals surface area contributed by atoms with Crippen molar-refractivity contribution >= 4 is 48.1 Å². The smallest absolute Gasteiger partial charge is 0.374 e. The molecule has 0 amide bonds. The van der Waals surface area contributed by atoms with Gasteiger partial charge in [0.1, 0.15) is 0 Å². The zero-order valence-electron chi connectivity index (χ0n) is 9.85. The Hall–Kier alpha value is -1.40. The van der Waals surface area contributed by atoms with E-state index in [1.165, 1.54) is 6.07 Å². The zero-order valence-corrected chi connectivity index (χ0v) is 13.1. The Morgan fingerprint density at radius 3 is 2.48 bits per heavy atom. The second kappa shape index (κ2) is 5.42. The van der Waals surface area contributed by atoms with E-state index >= 15 is 0 Å². The molecule has 0 aliphatic heterocycles. The highest BCUT2D eigenvalue weighted by molar-refractivity contribution is 9.10. The first kappa shape index (κ1) is 16.0. The number of nitrogens with two attached hydrogens (primary N) is 1. The first-order valence-corrected chi connectivity index (χ1v) is 8.17. The van der Waals surface area contributed by atoms with Crippen LogP contribution < -0.4 is 10.5 Å². The summed E-state index contributed by atoms with van der Waals surface area (Å²) in [5.74, 6) is 0. The average Bonchev–Trinajstić information content (AvgIpc) is 2.77. The maximum absolute atomic E-state index is 12.9. The molecule has 0 radical (unpaired) electrons. The summed E-state index contributed by atoms with van der Waals surface area (Å²) in [6, 6.07) is 3.04. The number of alkyl halides is 3. The number of nitrogens with one attached hydrogen (secondary N) is 1. The Kier molecular flexibility index (Phi) is 4.13. The normalized spacial score (nSPS) is 12.4. The third-order valence-electron chi connectivity index (χ3n) is 2.18. The van der Waals surface area contributed by atoms with Crippen molar-refractivity contribution < 1.29 is 21.6 Å². The minimum absolute atomic E-state index is 0.109. The fraction of sp³-hybridized carbons (Fsp3) is 0.111. The molecule has 2 rings (SSSR count). The van der Waals surface area contributed by atoms with Crippen molar-refractivity contribution in [3.63, 3.8) is 0 Å². The molecular formula is C9H6BrF3N4O2S2. The van der Waals surface area contributed by atoms with Crippen molar-refractivity contribution in [2.45, 2.75) is 10.5 Å². The Bertz CT molecular complexity index is 776. The Morgan fingerprint density at radius 1 is 1.29 bits per heavy atom. The summed E-state index contributed by atoms with van der Waals surface area (Å²) in [7, 11) is -4.29. The lowest BCUT2D eigenvalue weighted by atomic mass is 10.2. The number of hydrogen-bond donors (Lipinski definition) is 2. The van der Waals surface area contributed by atoms with E-state index in [1.54, 1.807) is 0 Å². The molecule has 6 nitrogen and oxygen atoms in total. The van der Waals surface area contributed by atoms with Crippen LogP contribution in [0.25, 0.3) is 0 Å². The number of aromatic nitrogens is 2. The van der Waals surface area contributed by atoms with Crippen LogP contribution in [0, 0.1) is 0 Å². The monoisotopic (exact) mass is 402 g/mol. The Morgan fingerprint density at radius 2 is 1.95 bits per heavy atom. The Labute approximate surface area is 129 Å². The van der Waals surface area contributed by atoms with Crippen molar-refractivity contribution in [1.29, 1.82) is 0 Å². The lowest BCUT2D eigenvalue weighted by Crippen LogP contribution is -2.17. The number of benzene rings is 1. The van der Waals surface area contributed by atoms with Gasteiger partial charge in [0, 0.05) is 4.47 Å². The topological polar surface area (TPSA) is 98.0 Å². The summed E-state index contributed by atoms with van der Waals surface area (Å²) in [6.07, 6.45) is -4.72. The van der Waals surface area contributed by atoms with Gasteiger partial charge in [-0.3, -0.25) is 4.72 Å². The first-order valence-electron chi connectivity index (χ1n) is 5.08. The molecule has 0 saturated heterocycles. The van der Waals surface area contributed by atoms with Gasteiger partial charge in [-0.05, 0) is 18.2 Å². The molecule has 0 spiro atoms. The Balaban J connectivity index is 2.45. The first-order chi connectivity index (χ1) is 9.59. The molecule has 3 N–H and O–H groups in total. The highest BCUT2D eigenvalue weighted by Crippen LogP contribution is 2.37. The summed E-state index contributed by atoms with van der Waals surface area (Å²) < 4.78 is 64.1. The summed E-state index contributed by atoms with van der Waals surface area (Å²) in [6.45, 7) is 0. The molecule has 1 aromatic heterocycles. The van der Waals surface area contributed by atoms with Crippen molar-refractivity contribution in [1.82, 2.24) is 10.2 Å². The maximum atomic E-state index is 12.9. The number of sulfonamides is 1. The molecule has 0 bridgehead atoms. The molecule has 0 fully saturated rings. The molecule has 21 heavy (non-hydrogen) atoms. The van der Waals surface area contributed by atoms with Crippen LogP contribution in [0.15, 0.2) is 27.0 Å². The number of halogens is 4. The fourth-order valence-electron chi connectivity index (χ4n) is 1.36. The molecule has 1 heterocycles. The van der Waals surface area contributed by atoms with Crippen LogP contribution in [0.5, 0.6) is 0 Å². The van der Waals surface area contributed by atoms with Gasteiger partial charge in [0.15, 0.2) is 0 Å². The minimum Gasteiger partial charge on any atom is -0.374 e. The number of hydrogen-bond acceptors (Lipinski definition) is 6. The van der Waals surface area contributed by atoms with Gasteiger partial charge in [-0.1, -0.05) is 27.3 Å². The standard InChI is InChI=1S/C9H6BrF3N4O2S2/c10-4-1-2-6(5(3-4)9(11,12)13)17-21(18,19)8-16-15-7(14)20-8/h1-3,17H,(H2,14,15). The van der Waals surface area contributed by atoms with Gasteiger partial charge in [0.05, 0.1) is 11.3 Å². The summed E-state index contributed by atoms with van der Waals surface area (Å²) in [5.41, 5.74) is 3.52. The minimum atomic E-state index is -4.72. The molecule has 0 saturated carbocycles. The van der Waals surface area contributed by atoms with Crippen LogP contribution in [0.4, 0.5) is 24.0 Å². The summed E-state index contributed by atoms with van der Waals surface area (Å²) >= 11 is 3.45. The van der Waals surface area contributed by atoms with Gasteiger partial charge in [-0.15, -0.1) is 10.2 Å². The van der Waals surface area contributed by atoms with Gasteiger partial charge in [0.25, 0.3) is 14.4 Å². The SMILES string of the molecule is Nc1nnc(S(=O)(=O)Nc2ccc(Br)cc2C(F)(F)F)s1. The van der Waals surface area contributed by atoms with Gasteiger partial charge < -0.3 is 5.73 Å². The van der Waals surface area contributed by atoms with E-state index in [0.717, 1.165) is 12.1 Å². The van der Waals surface area contributed by atoms with Crippen LogP contribution in [-0.2, 0) is 16.2 Å². The molecule has 0 unspecified atom stereocenters. The molecule has 0 aliphatic carbocycles. The van der Waals surface area contributed by atoms with E-state index in [1.807, 2.05) is 4.72 Å². The molecule has 0 aliphatic rings. The quantitative estimate of drug-likeness (QED) is 0.822. The van der Waals surface area contributed by atoms with Crippen LogP contribution in [-0.4, -0.2) is 18.6 Å². The second-order valence-corrected chi connectivity index (χ2v) is 7.48. The predicted octanol–water partition coefficient (Wildman–Crippen LogP) is 2.70. The fourth-order valence-corrected chi connectivity index (χ4v) is 3.58. The predicted molar refractivity (Wildman–Crippen MR) is 74.3 cm³/mol. The van der Waals surface area contributed by atoms with Crippen molar-refractivity contribution in [3.8, 4) is 0 Å². The van der Waals surface area contributed by atoms with E-state index < -0.39 is 31.8 Å². The van der Waals surface area contributed by atoms with Crippen molar-refractivity contribution in [2.75, 3.05) is 10.5 Å². The average molecular weight is 403 g/mol. The molecule has 2 aromatic rings. The number of anilines is 2. The van der Waals surface area contributed by atoms with Gasteiger partial charge in [-0.2, -0.15) is 21.6 Å². The zero-order chi connectivity index (χ0) is 15.8. The van der Waals surface area contributed by atoms with E-state index in [2.05, 4.69) is 26.1 Å². The van der Waals surface area contributed by atoms with Crippen molar-refractivity contribution in [2.24, 2.45) is 0 Å². The number of rotatable bonds is 3.